The van der Waals surface area contributed by atoms with Gasteiger partial charge in [0.2, 0.25) is 6.41 Å². The molecule has 3 aromatic rings. The summed E-state index contributed by atoms with van der Waals surface area (Å²) in [5, 5.41) is 38.5. The molecule has 8 nitrogen and oxygen atoms in total. The molecule has 0 aliphatic heterocycles. The molecule has 196 valence electrons. The molecule has 0 heterocycles. The van der Waals surface area contributed by atoms with Gasteiger partial charge in [-0.3, -0.25) is 9.59 Å². The summed E-state index contributed by atoms with van der Waals surface area (Å²) in [5.74, 6) is -0.0194. The summed E-state index contributed by atoms with van der Waals surface area (Å²) in [6, 6.07) is 19.1. The fourth-order valence-corrected chi connectivity index (χ4v) is 4.05. The molecule has 0 saturated heterocycles. The topological polar surface area (TPSA) is 131 Å². The number of rotatable bonds is 12. The molecule has 2 unspecified atom stereocenters. The van der Waals surface area contributed by atoms with Crippen LogP contribution in [-0.2, 0) is 16.6 Å². The molecule has 37 heavy (non-hydrogen) atoms. The summed E-state index contributed by atoms with van der Waals surface area (Å²) in [7, 11) is 0. The van der Waals surface area contributed by atoms with Gasteiger partial charge in [-0.2, -0.15) is 0 Å². The van der Waals surface area contributed by atoms with Crippen LogP contribution in [0.5, 0.6) is 11.5 Å². The Labute approximate surface area is 217 Å². The van der Waals surface area contributed by atoms with E-state index in [0.29, 0.717) is 30.5 Å². The number of aliphatic hydroxyl groups is 1. The summed E-state index contributed by atoms with van der Waals surface area (Å²) < 4.78 is 0. The average molecular weight is 506 g/mol. The number of hydrogen-bond acceptors (Lipinski definition) is 6. The van der Waals surface area contributed by atoms with Crippen LogP contribution >= 0.6 is 0 Å². The van der Waals surface area contributed by atoms with Crippen molar-refractivity contribution in [1.82, 2.24) is 10.6 Å². The van der Waals surface area contributed by atoms with Crippen molar-refractivity contribution in [1.29, 1.82) is 0 Å². The van der Waals surface area contributed by atoms with Crippen molar-refractivity contribution in [3.8, 4) is 11.5 Å². The number of benzene rings is 3. The van der Waals surface area contributed by atoms with Crippen molar-refractivity contribution in [3.63, 3.8) is 0 Å². The number of phenolic OH excluding ortho intramolecular Hbond substituents is 2. The van der Waals surface area contributed by atoms with Crippen LogP contribution in [0.25, 0.3) is 0 Å². The zero-order valence-electron chi connectivity index (χ0n) is 21.4. The quantitative estimate of drug-likeness (QED) is 0.165. The lowest BCUT2D eigenvalue weighted by molar-refractivity contribution is -0.105. The lowest BCUT2D eigenvalue weighted by atomic mass is 9.84. The van der Waals surface area contributed by atoms with E-state index in [2.05, 4.69) is 16.0 Å². The minimum Gasteiger partial charge on any atom is -0.508 e. The third-order valence-electron chi connectivity index (χ3n) is 6.35. The smallest absolute Gasteiger partial charge is 0.251 e. The van der Waals surface area contributed by atoms with Crippen LogP contribution in [0.1, 0.15) is 53.9 Å². The Morgan fingerprint density at radius 1 is 1.03 bits per heavy atom. The number of phenols is 2. The van der Waals surface area contributed by atoms with Gasteiger partial charge in [0, 0.05) is 30.1 Å². The second-order valence-electron chi connectivity index (χ2n) is 9.88. The number of hydrogen-bond donors (Lipinski definition) is 6. The SMILES string of the molecule is CC(Cc1cccc(C(=O)NCC(C)(C)c2ccc(O)cc2)c1)NCC(O)c1ccc(O)c(NC=O)c1. The second-order valence-corrected chi connectivity index (χ2v) is 9.88. The maximum absolute atomic E-state index is 12.8. The van der Waals surface area contributed by atoms with Crippen molar-refractivity contribution >= 4 is 18.0 Å². The Morgan fingerprint density at radius 2 is 1.76 bits per heavy atom. The summed E-state index contributed by atoms with van der Waals surface area (Å²) in [6.45, 7) is 6.79. The Morgan fingerprint density at radius 3 is 2.46 bits per heavy atom. The second kappa shape index (κ2) is 12.4. The molecule has 6 N–H and O–H groups in total. The predicted octanol–water partition coefficient (Wildman–Crippen LogP) is 3.63. The van der Waals surface area contributed by atoms with E-state index in [-0.39, 0.29) is 41.1 Å². The molecule has 3 aromatic carbocycles. The van der Waals surface area contributed by atoms with Gasteiger partial charge in [0.15, 0.2) is 0 Å². The standard InChI is InChI=1S/C29H35N3O5/c1-19(30-16-27(36)21-7-12-26(35)25(15-21)32-18-33)13-20-5-4-6-22(14-20)28(37)31-17-29(2,3)23-8-10-24(34)11-9-23/h4-12,14-15,18-19,27,30,34-36H,13,16-17H2,1-3H3,(H,31,37)(H,32,33). The number of aliphatic hydroxyl groups excluding tert-OH is 1. The van der Waals surface area contributed by atoms with Gasteiger partial charge in [-0.15, -0.1) is 0 Å². The van der Waals surface area contributed by atoms with Gasteiger partial charge in [0.25, 0.3) is 5.91 Å². The van der Waals surface area contributed by atoms with Crippen LogP contribution in [0.2, 0.25) is 0 Å². The highest BCUT2D eigenvalue weighted by Crippen LogP contribution is 2.27. The summed E-state index contributed by atoms with van der Waals surface area (Å²) >= 11 is 0. The first-order valence-electron chi connectivity index (χ1n) is 12.2. The fourth-order valence-electron chi connectivity index (χ4n) is 4.05. The zero-order valence-corrected chi connectivity index (χ0v) is 21.4. The van der Waals surface area contributed by atoms with Gasteiger partial charge in [-0.05, 0) is 66.4 Å². The number of amides is 2. The van der Waals surface area contributed by atoms with E-state index in [9.17, 15) is 24.9 Å². The number of carbonyl (C=O) groups is 2. The van der Waals surface area contributed by atoms with E-state index in [1.807, 2.05) is 51.1 Å². The largest absolute Gasteiger partial charge is 0.508 e. The highest BCUT2D eigenvalue weighted by Gasteiger charge is 2.22. The first kappa shape index (κ1) is 27.7. The van der Waals surface area contributed by atoms with E-state index in [0.717, 1.165) is 11.1 Å². The minimum absolute atomic E-state index is 0.0195. The van der Waals surface area contributed by atoms with Crippen molar-refractivity contribution in [2.24, 2.45) is 0 Å². The lowest BCUT2D eigenvalue weighted by Gasteiger charge is -2.26. The van der Waals surface area contributed by atoms with E-state index in [4.69, 9.17) is 0 Å². The Hall–Kier alpha value is -3.88. The molecule has 2 amide bonds. The number of aromatic hydroxyl groups is 2. The Balaban J connectivity index is 1.53. The van der Waals surface area contributed by atoms with Gasteiger partial charge in [0.05, 0.1) is 11.8 Å². The zero-order chi connectivity index (χ0) is 27.0. The molecule has 0 aromatic heterocycles. The predicted molar refractivity (Wildman–Crippen MR) is 144 cm³/mol. The monoisotopic (exact) mass is 505 g/mol. The van der Waals surface area contributed by atoms with Crippen molar-refractivity contribution in [2.75, 3.05) is 18.4 Å². The molecular weight excluding hydrogens is 470 g/mol. The highest BCUT2D eigenvalue weighted by atomic mass is 16.3. The number of carbonyl (C=O) groups excluding carboxylic acids is 2. The van der Waals surface area contributed by atoms with E-state index in [1.165, 1.54) is 12.1 Å². The van der Waals surface area contributed by atoms with E-state index in [1.54, 1.807) is 24.3 Å². The molecule has 0 spiro atoms. The van der Waals surface area contributed by atoms with Crippen LogP contribution in [0.3, 0.4) is 0 Å². The maximum Gasteiger partial charge on any atom is 0.251 e. The minimum atomic E-state index is -0.829. The van der Waals surface area contributed by atoms with Crippen molar-refractivity contribution in [3.05, 3.63) is 89.0 Å². The highest BCUT2D eigenvalue weighted by molar-refractivity contribution is 5.94. The van der Waals surface area contributed by atoms with Crippen LogP contribution in [0.4, 0.5) is 5.69 Å². The first-order chi connectivity index (χ1) is 17.6. The van der Waals surface area contributed by atoms with Gasteiger partial charge >= 0.3 is 0 Å². The molecular formula is C29H35N3O5. The fraction of sp³-hybridized carbons (Fsp3) is 0.310. The van der Waals surface area contributed by atoms with Gasteiger partial charge in [0.1, 0.15) is 11.5 Å². The van der Waals surface area contributed by atoms with Crippen LogP contribution in [0, 0.1) is 0 Å². The van der Waals surface area contributed by atoms with E-state index < -0.39 is 6.10 Å². The summed E-state index contributed by atoms with van der Waals surface area (Å²) in [5.41, 5.74) is 3.08. The maximum atomic E-state index is 12.8. The van der Waals surface area contributed by atoms with Crippen molar-refractivity contribution < 1.29 is 24.9 Å². The number of anilines is 1. The van der Waals surface area contributed by atoms with Gasteiger partial charge in [-0.25, -0.2) is 0 Å². The Bertz CT molecular complexity index is 1210. The molecule has 3 rings (SSSR count). The third kappa shape index (κ3) is 7.80. The number of nitrogens with one attached hydrogen (secondary N) is 3. The molecule has 0 saturated carbocycles. The van der Waals surface area contributed by atoms with E-state index >= 15 is 0 Å². The Kier molecular flexibility index (Phi) is 9.27. The van der Waals surface area contributed by atoms with Crippen molar-refractivity contribution in [2.45, 2.75) is 44.8 Å². The molecule has 0 radical (unpaired) electrons. The van der Waals surface area contributed by atoms with Gasteiger partial charge in [-0.1, -0.05) is 44.2 Å². The molecule has 0 aliphatic rings. The van der Waals surface area contributed by atoms with Crippen LogP contribution in [-0.4, -0.2) is 46.8 Å². The average Bonchev–Trinajstić information content (AvgIpc) is 2.87. The third-order valence-corrected chi connectivity index (χ3v) is 6.35. The molecule has 2 atom stereocenters. The van der Waals surface area contributed by atoms with Crippen LogP contribution in [0.15, 0.2) is 66.7 Å². The summed E-state index contributed by atoms with van der Waals surface area (Å²) in [6.07, 6.45) is 0.293. The lowest BCUT2D eigenvalue weighted by Crippen LogP contribution is -2.36. The molecule has 0 fully saturated rings. The van der Waals surface area contributed by atoms with Gasteiger partial charge < -0.3 is 31.3 Å². The normalized spacial score (nSPS) is 13.0. The van der Waals surface area contributed by atoms with Crippen LogP contribution < -0.4 is 16.0 Å². The first-order valence-corrected chi connectivity index (χ1v) is 12.2. The molecule has 0 bridgehead atoms. The summed E-state index contributed by atoms with van der Waals surface area (Å²) in [4.78, 5) is 23.5. The molecule has 0 aliphatic carbocycles. The molecule has 8 heteroatoms.